The average Bonchev–Trinajstić information content (AvgIpc) is 3.05. The molecule has 2 saturated heterocycles. The summed E-state index contributed by atoms with van der Waals surface area (Å²) in [5, 5.41) is 3.18. The number of hydrogen-bond donors (Lipinski definition) is 2. The molecule has 0 saturated carbocycles. The molecule has 4 nitrogen and oxygen atoms in total. The minimum Gasteiger partial charge on any atom is -0.392 e. The largest absolute Gasteiger partial charge is 0.392 e. The van der Waals surface area contributed by atoms with E-state index in [0.717, 1.165) is 25.1 Å². The second kappa shape index (κ2) is 6.12. The van der Waals surface area contributed by atoms with Crippen molar-refractivity contribution in [2.45, 2.75) is 37.3 Å². The van der Waals surface area contributed by atoms with E-state index >= 15 is 0 Å². The Balaban J connectivity index is 1.72. The minimum absolute atomic E-state index is 0.0625. The van der Waals surface area contributed by atoms with Gasteiger partial charge in [0.1, 0.15) is 5.92 Å². The molecule has 2 aliphatic heterocycles. The highest BCUT2D eigenvalue weighted by Crippen LogP contribution is 2.28. The van der Waals surface area contributed by atoms with Crippen LogP contribution in [0.5, 0.6) is 0 Å². The van der Waals surface area contributed by atoms with Gasteiger partial charge in [0.05, 0.1) is 4.99 Å². The van der Waals surface area contributed by atoms with Crippen LogP contribution < -0.4 is 11.1 Å². The number of hydrogen-bond acceptors (Lipinski definition) is 3. The van der Waals surface area contributed by atoms with Crippen molar-refractivity contribution >= 4 is 23.1 Å². The smallest absolute Gasteiger partial charge is 0.234 e. The highest BCUT2D eigenvalue weighted by atomic mass is 32.1. The molecule has 3 N–H and O–H groups in total. The number of fused-ring (bicyclic) bond motifs is 1. The van der Waals surface area contributed by atoms with Gasteiger partial charge in [0.15, 0.2) is 0 Å². The van der Waals surface area contributed by atoms with Gasteiger partial charge in [0.2, 0.25) is 5.91 Å². The van der Waals surface area contributed by atoms with Crippen LogP contribution in [0.4, 0.5) is 0 Å². The molecule has 0 aromatic heterocycles. The summed E-state index contributed by atoms with van der Waals surface area (Å²) in [7, 11) is 0. The number of nitrogens with one attached hydrogen (secondary N) is 1. The highest BCUT2D eigenvalue weighted by molar-refractivity contribution is 7.80. The third-order valence-electron chi connectivity index (χ3n) is 4.61. The number of amides is 1. The first-order valence-electron chi connectivity index (χ1n) is 7.55. The first-order chi connectivity index (χ1) is 10.2. The summed E-state index contributed by atoms with van der Waals surface area (Å²) in [5.41, 5.74) is 6.68. The predicted octanol–water partition coefficient (Wildman–Crippen LogP) is 1.41. The monoisotopic (exact) mass is 303 g/mol. The van der Waals surface area contributed by atoms with Crippen LogP contribution in [0.2, 0.25) is 0 Å². The molecule has 1 aromatic carbocycles. The lowest BCUT2D eigenvalue weighted by molar-refractivity contribution is -0.121. The third-order valence-corrected chi connectivity index (χ3v) is 4.85. The van der Waals surface area contributed by atoms with E-state index in [2.05, 4.69) is 10.2 Å². The lowest BCUT2D eigenvalue weighted by Crippen LogP contribution is -2.46. The van der Waals surface area contributed by atoms with Crippen LogP contribution in [0.15, 0.2) is 30.3 Å². The van der Waals surface area contributed by atoms with Gasteiger partial charge in [-0.3, -0.25) is 9.69 Å². The topological polar surface area (TPSA) is 58.4 Å². The normalized spacial score (nSPS) is 26.3. The summed E-state index contributed by atoms with van der Waals surface area (Å²) >= 11 is 5.12. The van der Waals surface area contributed by atoms with Gasteiger partial charge in [0, 0.05) is 18.6 Å². The van der Waals surface area contributed by atoms with Gasteiger partial charge in [0.25, 0.3) is 0 Å². The molecule has 0 radical (unpaired) electrons. The SMILES string of the molecule is NC(=S)C(C(=O)NC1CCN2CCCC12)c1ccccc1. The van der Waals surface area contributed by atoms with E-state index in [9.17, 15) is 4.79 Å². The Morgan fingerprint density at radius 3 is 2.76 bits per heavy atom. The molecule has 3 rings (SSSR count). The number of benzene rings is 1. The first kappa shape index (κ1) is 14.5. The molecule has 0 spiro atoms. The molecule has 2 aliphatic rings. The van der Waals surface area contributed by atoms with Crippen molar-refractivity contribution in [1.29, 1.82) is 0 Å². The highest BCUT2D eigenvalue weighted by Gasteiger charge is 2.39. The summed E-state index contributed by atoms with van der Waals surface area (Å²) < 4.78 is 0. The number of carbonyl (C=O) groups is 1. The summed E-state index contributed by atoms with van der Waals surface area (Å²) in [6.07, 6.45) is 3.43. The van der Waals surface area contributed by atoms with Crippen molar-refractivity contribution in [3.8, 4) is 0 Å². The zero-order chi connectivity index (χ0) is 14.8. The average molecular weight is 303 g/mol. The van der Waals surface area contributed by atoms with Gasteiger partial charge in [-0.1, -0.05) is 42.5 Å². The minimum atomic E-state index is -0.531. The summed E-state index contributed by atoms with van der Waals surface area (Å²) in [6, 6.07) is 10.3. The molecule has 1 amide bonds. The zero-order valence-electron chi connectivity index (χ0n) is 12.0. The maximum absolute atomic E-state index is 12.6. The molecular weight excluding hydrogens is 282 g/mol. The van der Waals surface area contributed by atoms with Crippen LogP contribution >= 0.6 is 12.2 Å². The Kier molecular flexibility index (Phi) is 4.22. The van der Waals surface area contributed by atoms with E-state index < -0.39 is 5.92 Å². The van der Waals surface area contributed by atoms with Crippen LogP contribution in [-0.2, 0) is 4.79 Å². The first-order valence-corrected chi connectivity index (χ1v) is 7.96. The Labute approximate surface area is 130 Å². The second-order valence-electron chi connectivity index (χ2n) is 5.90. The van der Waals surface area contributed by atoms with E-state index in [0.29, 0.717) is 6.04 Å². The van der Waals surface area contributed by atoms with Crippen LogP contribution in [-0.4, -0.2) is 41.0 Å². The van der Waals surface area contributed by atoms with Crippen molar-refractivity contribution in [2.24, 2.45) is 5.73 Å². The van der Waals surface area contributed by atoms with Gasteiger partial charge in [-0.15, -0.1) is 0 Å². The van der Waals surface area contributed by atoms with E-state index in [-0.39, 0.29) is 16.9 Å². The fraction of sp³-hybridized carbons (Fsp3) is 0.500. The standard InChI is InChI=1S/C16H21N3OS/c17-15(21)14(11-5-2-1-3-6-11)16(20)18-12-8-10-19-9-4-7-13(12)19/h1-3,5-6,12-14H,4,7-10H2,(H2,17,21)(H,18,20). The van der Waals surface area contributed by atoms with E-state index in [4.69, 9.17) is 18.0 Å². The molecule has 5 heteroatoms. The number of nitrogens with zero attached hydrogens (tertiary/aromatic N) is 1. The number of thiocarbonyl (C=S) groups is 1. The zero-order valence-corrected chi connectivity index (χ0v) is 12.8. The lowest BCUT2D eigenvalue weighted by atomic mass is 9.97. The Morgan fingerprint density at radius 2 is 2.05 bits per heavy atom. The van der Waals surface area contributed by atoms with Crippen molar-refractivity contribution in [2.75, 3.05) is 13.1 Å². The van der Waals surface area contributed by atoms with Crippen molar-refractivity contribution in [3.05, 3.63) is 35.9 Å². The molecule has 3 unspecified atom stereocenters. The van der Waals surface area contributed by atoms with Crippen molar-refractivity contribution in [3.63, 3.8) is 0 Å². The van der Waals surface area contributed by atoms with E-state index in [1.165, 1.54) is 12.8 Å². The Hall–Kier alpha value is -1.46. The van der Waals surface area contributed by atoms with Crippen LogP contribution in [0, 0.1) is 0 Å². The molecule has 21 heavy (non-hydrogen) atoms. The van der Waals surface area contributed by atoms with Crippen molar-refractivity contribution in [1.82, 2.24) is 10.2 Å². The van der Waals surface area contributed by atoms with Crippen molar-refractivity contribution < 1.29 is 4.79 Å². The van der Waals surface area contributed by atoms with E-state index in [1.807, 2.05) is 30.3 Å². The molecule has 3 atom stereocenters. The van der Waals surface area contributed by atoms with Crippen LogP contribution in [0.25, 0.3) is 0 Å². The summed E-state index contributed by atoms with van der Waals surface area (Å²) in [4.78, 5) is 15.3. The lowest BCUT2D eigenvalue weighted by Gasteiger charge is -2.24. The van der Waals surface area contributed by atoms with Gasteiger partial charge in [-0.2, -0.15) is 0 Å². The van der Waals surface area contributed by atoms with Crippen LogP contribution in [0.3, 0.4) is 0 Å². The predicted molar refractivity (Wildman–Crippen MR) is 87.1 cm³/mol. The molecule has 2 heterocycles. The maximum Gasteiger partial charge on any atom is 0.234 e. The number of carbonyl (C=O) groups excluding carboxylic acids is 1. The quantitative estimate of drug-likeness (QED) is 0.826. The van der Waals surface area contributed by atoms with Gasteiger partial charge < -0.3 is 11.1 Å². The molecule has 0 aliphatic carbocycles. The Bertz CT molecular complexity index is 534. The molecule has 0 bridgehead atoms. The molecular formula is C16H21N3OS. The third kappa shape index (κ3) is 2.94. The fourth-order valence-corrected chi connectivity index (χ4v) is 3.85. The molecule has 2 fully saturated rings. The van der Waals surface area contributed by atoms with Gasteiger partial charge in [-0.05, 0) is 31.4 Å². The summed E-state index contributed by atoms with van der Waals surface area (Å²) in [6.45, 7) is 2.24. The second-order valence-corrected chi connectivity index (χ2v) is 6.37. The fourth-order valence-electron chi connectivity index (χ4n) is 3.61. The van der Waals surface area contributed by atoms with E-state index in [1.54, 1.807) is 0 Å². The number of rotatable bonds is 4. The number of nitrogens with two attached hydrogens (primary N) is 1. The van der Waals surface area contributed by atoms with Crippen LogP contribution in [0.1, 0.15) is 30.7 Å². The maximum atomic E-state index is 12.6. The van der Waals surface area contributed by atoms with Gasteiger partial charge in [-0.25, -0.2) is 0 Å². The molecule has 112 valence electrons. The Morgan fingerprint density at radius 1 is 1.29 bits per heavy atom. The van der Waals surface area contributed by atoms with Gasteiger partial charge >= 0.3 is 0 Å². The molecule has 1 aromatic rings. The summed E-state index contributed by atoms with van der Waals surface area (Å²) in [5.74, 6) is -0.593.